The number of alkyl halides is 2. The minimum atomic E-state index is -2.89. The van der Waals surface area contributed by atoms with Gasteiger partial charge in [-0.15, -0.1) is 0 Å². The van der Waals surface area contributed by atoms with Crippen LogP contribution in [0.15, 0.2) is 22.7 Å². The van der Waals surface area contributed by atoms with Gasteiger partial charge in [0.15, 0.2) is 17.3 Å². The first kappa shape index (κ1) is 17.6. The first-order valence-electron chi connectivity index (χ1n) is 7.96. The van der Waals surface area contributed by atoms with Gasteiger partial charge in [-0.1, -0.05) is 11.2 Å². The van der Waals surface area contributed by atoms with E-state index in [0.717, 1.165) is 18.4 Å². The van der Waals surface area contributed by atoms with Gasteiger partial charge >= 0.3 is 6.61 Å². The van der Waals surface area contributed by atoms with Gasteiger partial charge in [-0.2, -0.15) is 13.8 Å². The number of rotatable bonds is 9. The predicted octanol–water partition coefficient (Wildman–Crippen LogP) is 2.30. The van der Waals surface area contributed by atoms with Crippen LogP contribution in [0.25, 0.3) is 0 Å². The Morgan fingerprint density at radius 1 is 1.32 bits per heavy atom. The number of hydrogen-bond donors (Lipinski definition) is 1. The number of halogens is 2. The third-order valence-electron chi connectivity index (χ3n) is 3.92. The van der Waals surface area contributed by atoms with Crippen molar-refractivity contribution in [2.24, 2.45) is 5.73 Å². The third kappa shape index (κ3) is 4.64. The molecule has 1 saturated carbocycles. The van der Waals surface area contributed by atoms with E-state index in [1.807, 2.05) is 0 Å². The van der Waals surface area contributed by atoms with Crippen LogP contribution in [0.4, 0.5) is 8.78 Å². The molecule has 7 nitrogen and oxygen atoms in total. The number of hydrogen-bond acceptors (Lipinski definition) is 7. The van der Waals surface area contributed by atoms with Crippen molar-refractivity contribution in [2.75, 3.05) is 7.11 Å². The lowest BCUT2D eigenvalue weighted by Crippen LogP contribution is -2.25. The second-order valence-corrected chi connectivity index (χ2v) is 5.81. The van der Waals surface area contributed by atoms with Crippen molar-refractivity contribution in [1.82, 2.24) is 15.0 Å². The van der Waals surface area contributed by atoms with Crippen LogP contribution in [0.3, 0.4) is 0 Å². The van der Waals surface area contributed by atoms with Gasteiger partial charge in [-0.05, 0) is 30.5 Å². The molecule has 2 N–H and O–H groups in total. The Morgan fingerprint density at radius 3 is 2.72 bits per heavy atom. The van der Waals surface area contributed by atoms with Gasteiger partial charge in [-0.25, -0.2) is 0 Å². The van der Waals surface area contributed by atoms with Crippen LogP contribution in [-0.2, 0) is 19.6 Å². The summed E-state index contributed by atoms with van der Waals surface area (Å²) in [6.45, 7) is -1.54. The minimum absolute atomic E-state index is 0.0185. The summed E-state index contributed by atoms with van der Waals surface area (Å²) >= 11 is 0. The van der Waals surface area contributed by atoms with Crippen LogP contribution in [-0.4, -0.2) is 34.8 Å². The Kier molecular flexibility index (Phi) is 5.44. The molecule has 0 radical (unpaired) electrons. The van der Waals surface area contributed by atoms with Crippen molar-refractivity contribution in [3.05, 3.63) is 35.5 Å². The molecular formula is C16H20F2N4O3. The number of nitrogens with two attached hydrogens (primary N) is 1. The molecule has 0 aliphatic heterocycles. The van der Waals surface area contributed by atoms with Crippen LogP contribution in [0, 0.1) is 0 Å². The molecule has 1 aliphatic rings. The fourth-order valence-electron chi connectivity index (χ4n) is 2.61. The van der Waals surface area contributed by atoms with Gasteiger partial charge in [0.05, 0.1) is 20.2 Å². The highest BCUT2D eigenvalue weighted by Crippen LogP contribution is 2.33. The van der Waals surface area contributed by atoms with E-state index in [1.54, 1.807) is 12.1 Å². The summed E-state index contributed by atoms with van der Waals surface area (Å²) in [4.78, 5) is 6.44. The molecule has 0 atom stereocenters. The van der Waals surface area contributed by atoms with E-state index in [9.17, 15) is 8.78 Å². The number of nitrogens with zero attached hydrogens (tertiary/aromatic N) is 3. The van der Waals surface area contributed by atoms with Gasteiger partial charge in [-0.3, -0.25) is 4.90 Å². The smallest absolute Gasteiger partial charge is 0.387 e. The van der Waals surface area contributed by atoms with E-state index < -0.39 is 6.61 Å². The Hall–Kier alpha value is -2.26. The van der Waals surface area contributed by atoms with Crippen molar-refractivity contribution in [3.63, 3.8) is 0 Å². The highest BCUT2D eigenvalue weighted by atomic mass is 19.3. The molecule has 0 saturated heterocycles. The molecule has 0 unspecified atom stereocenters. The average molecular weight is 354 g/mol. The second-order valence-electron chi connectivity index (χ2n) is 5.81. The van der Waals surface area contributed by atoms with Crippen molar-refractivity contribution in [3.8, 4) is 11.5 Å². The lowest BCUT2D eigenvalue weighted by molar-refractivity contribution is -0.0512. The molecule has 1 heterocycles. The summed E-state index contributed by atoms with van der Waals surface area (Å²) in [6.07, 6.45) is 2.20. The standard InChI is InChI=1S/C16H20F2N4O3/c1-23-13-6-10(2-5-12(13)24-16(17)18)8-22(11-3-4-11)9-14-20-15(7-19)25-21-14/h2,5-6,11,16H,3-4,7-9,19H2,1H3. The normalized spacial score (nSPS) is 14.3. The average Bonchev–Trinajstić information content (AvgIpc) is 3.34. The molecule has 25 heavy (non-hydrogen) atoms. The van der Waals surface area contributed by atoms with Gasteiger partial charge in [0, 0.05) is 12.6 Å². The van der Waals surface area contributed by atoms with Crippen molar-refractivity contribution >= 4 is 0 Å². The Labute approximate surface area is 143 Å². The predicted molar refractivity (Wildman–Crippen MR) is 84.1 cm³/mol. The number of aromatic nitrogens is 2. The fraction of sp³-hybridized carbons (Fsp3) is 0.500. The maximum atomic E-state index is 12.4. The topological polar surface area (TPSA) is 86.6 Å². The Bertz CT molecular complexity index is 706. The molecule has 0 bridgehead atoms. The molecule has 0 spiro atoms. The molecule has 1 aromatic carbocycles. The van der Waals surface area contributed by atoms with Crippen molar-refractivity contribution in [2.45, 2.75) is 45.1 Å². The maximum Gasteiger partial charge on any atom is 0.387 e. The second kappa shape index (κ2) is 7.75. The zero-order valence-electron chi connectivity index (χ0n) is 13.8. The minimum Gasteiger partial charge on any atom is -0.493 e. The number of ether oxygens (including phenoxy) is 2. The summed E-state index contributed by atoms with van der Waals surface area (Å²) < 4.78 is 39.5. The van der Waals surface area contributed by atoms with Crippen LogP contribution in [0.1, 0.15) is 30.1 Å². The van der Waals surface area contributed by atoms with Gasteiger partial charge in [0.2, 0.25) is 5.89 Å². The van der Waals surface area contributed by atoms with Gasteiger partial charge < -0.3 is 19.7 Å². The first-order chi connectivity index (χ1) is 12.1. The molecule has 9 heteroatoms. The molecule has 2 aromatic rings. The van der Waals surface area contributed by atoms with Crippen LogP contribution in [0.2, 0.25) is 0 Å². The summed E-state index contributed by atoms with van der Waals surface area (Å²) in [7, 11) is 1.42. The summed E-state index contributed by atoms with van der Waals surface area (Å²) in [5.41, 5.74) is 6.41. The van der Waals surface area contributed by atoms with E-state index in [0.29, 0.717) is 30.8 Å². The van der Waals surface area contributed by atoms with Crippen molar-refractivity contribution < 1.29 is 22.8 Å². The third-order valence-corrected chi connectivity index (χ3v) is 3.92. The lowest BCUT2D eigenvalue weighted by Gasteiger charge is -2.21. The first-order valence-corrected chi connectivity index (χ1v) is 7.96. The SMILES string of the molecule is COc1cc(CN(Cc2noc(CN)n2)C2CC2)ccc1OC(F)F. The zero-order valence-corrected chi connectivity index (χ0v) is 13.8. The maximum absolute atomic E-state index is 12.4. The van der Waals surface area contributed by atoms with Crippen LogP contribution >= 0.6 is 0 Å². The van der Waals surface area contributed by atoms with E-state index in [4.69, 9.17) is 15.0 Å². The highest BCUT2D eigenvalue weighted by molar-refractivity contribution is 5.43. The lowest BCUT2D eigenvalue weighted by atomic mass is 10.2. The summed E-state index contributed by atoms with van der Waals surface area (Å²) in [5.74, 6) is 1.28. The highest BCUT2D eigenvalue weighted by Gasteiger charge is 2.30. The van der Waals surface area contributed by atoms with Crippen LogP contribution in [0.5, 0.6) is 11.5 Å². The molecule has 136 valence electrons. The molecule has 3 rings (SSSR count). The molecule has 1 fully saturated rings. The van der Waals surface area contributed by atoms with Gasteiger partial charge in [0.1, 0.15) is 0 Å². The quantitative estimate of drug-likeness (QED) is 0.739. The largest absolute Gasteiger partial charge is 0.493 e. The van der Waals surface area contributed by atoms with E-state index in [-0.39, 0.29) is 18.0 Å². The van der Waals surface area contributed by atoms with E-state index >= 15 is 0 Å². The van der Waals surface area contributed by atoms with Crippen LogP contribution < -0.4 is 15.2 Å². The molecule has 0 amide bonds. The van der Waals surface area contributed by atoms with E-state index in [1.165, 1.54) is 13.2 Å². The van der Waals surface area contributed by atoms with E-state index in [2.05, 4.69) is 19.8 Å². The molecule has 1 aliphatic carbocycles. The summed E-state index contributed by atoms with van der Waals surface area (Å²) in [5, 5.41) is 3.92. The Balaban J connectivity index is 1.71. The summed E-state index contributed by atoms with van der Waals surface area (Å²) in [6, 6.07) is 5.39. The number of benzene rings is 1. The molecular weight excluding hydrogens is 334 g/mol. The fourth-order valence-corrected chi connectivity index (χ4v) is 2.61. The Morgan fingerprint density at radius 2 is 2.12 bits per heavy atom. The van der Waals surface area contributed by atoms with Crippen molar-refractivity contribution in [1.29, 1.82) is 0 Å². The molecule has 1 aromatic heterocycles. The number of methoxy groups -OCH3 is 1. The zero-order chi connectivity index (χ0) is 17.8. The monoisotopic (exact) mass is 354 g/mol. The van der Waals surface area contributed by atoms with Gasteiger partial charge in [0.25, 0.3) is 0 Å².